The van der Waals surface area contributed by atoms with Crippen molar-refractivity contribution in [2.24, 2.45) is 0 Å². The fraction of sp³-hybridized carbons (Fsp3) is 0.500. The predicted octanol–water partition coefficient (Wildman–Crippen LogP) is 0.308. The summed E-state index contributed by atoms with van der Waals surface area (Å²) in [6.45, 7) is 1.64. The molecule has 0 rings (SSSR count). The molecule has 0 saturated carbocycles. The van der Waals surface area contributed by atoms with Gasteiger partial charge in [-0.2, -0.15) is 0 Å². The summed E-state index contributed by atoms with van der Waals surface area (Å²) in [5.74, 6) is 0. The average Bonchev–Trinajstić information content (AvgIpc) is 1.67. The lowest BCUT2D eigenvalue weighted by molar-refractivity contribution is -0.307. The van der Waals surface area contributed by atoms with Crippen LogP contribution in [0.25, 0.3) is 0 Å². The molecule has 0 aliphatic rings. The normalized spacial score (nSPS) is 11.0. The minimum atomic E-state index is 0.385. The first kappa shape index (κ1) is 7.36. The maximum Gasteiger partial charge on any atom is 0.226 e. The van der Waals surface area contributed by atoms with Gasteiger partial charge in [0.2, 0.25) is 5.70 Å². The van der Waals surface area contributed by atoms with Crippen molar-refractivity contribution >= 4 is 12.8 Å². The zero-order chi connectivity index (χ0) is 6.57. The highest BCUT2D eigenvalue weighted by Gasteiger charge is 1.92. The molecule has 0 aliphatic carbocycles. The molecule has 0 spiro atoms. The Morgan fingerprint density at radius 1 is 1.88 bits per heavy atom. The summed E-state index contributed by atoms with van der Waals surface area (Å²) in [5.41, 5.74) is 0.488. The smallest absolute Gasteiger partial charge is 0.226 e. The van der Waals surface area contributed by atoms with E-state index in [-0.39, 0.29) is 0 Å². The number of rotatable bonds is 2. The zero-order valence-corrected chi connectivity index (χ0v) is 5.66. The maximum absolute atomic E-state index is 10.2. The Labute approximate surface area is 53.9 Å². The fourth-order valence-corrected chi connectivity index (χ4v) is 0.314. The van der Waals surface area contributed by atoms with E-state index in [1.807, 2.05) is 0 Å². The largest absolute Gasteiger partial charge is 0.389 e. The van der Waals surface area contributed by atoms with Crippen molar-refractivity contribution in [1.29, 1.82) is 0 Å². The minimum Gasteiger partial charge on any atom is -0.389 e. The first-order chi connectivity index (χ1) is 3.68. The van der Waals surface area contributed by atoms with Gasteiger partial charge < -0.3 is 18.1 Å². The number of nitrogens with zero attached hydrogens (tertiary/aromatic N) is 1. The van der Waals surface area contributed by atoms with E-state index < -0.39 is 0 Å². The van der Waals surface area contributed by atoms with Gasteiger partial charge in [-0.15, -0.1) is 0 Å². The molecule has 0 atom stereocenters. The quantitative estimate of drug-likeness (QED) is 0.433. The van der Waals surface area contributed by atoms with E-state index in [9.17, 15) is 4.91 Å². The SMILES string of the molecule is CNC=C(C)[N+](=O)[S-]. The van der Waals surface area contributed by atoms with Crippen molar-refractivity contribution in [3.63, 3.8) is 0 Å². The second-order valence-corrected chi connectivity index (χ2v) is 1.66. The average molecular weight is 132 g/mol. The van der Waals surface area contributed by atoms with E-state index in [1.54, 1.807) is 20.2 Å². The number of hydrogen-bond donors (Lipinski definition) is 1. The van der Waals surface area contributed by atoms with Gasteiger partial charge in [0.05, 0.1) is 6.20 Å². The Kier molecular flexibility index (Phi) is 3.10. The Hall–Kier alpha value is -0.640. The van der Waals surface area contributed by atoms with Crippen molar-refractivity contribution in [1.82, 2.24) is 5.32 Å². The second-order valence-electron chi connectivity index (χ2n) is 1.33. The first-order valence-corrected chi connectivity index (χ1v) is 2.53. The topological polar surface area (TPSA) is 32.1 Å². The van der Waals surface area contributed by atoms with Gasteiger partial charge in [-0.25, -0.2) is 0 Å². The van der Waals surface area contributed by atoms with Gasteiger partial charge in [0, 0.05) is 18.9 Å². The molecule has 0 aromatic carbocycles. The summed E-state index contributed by atoms with van der Waals surface area (Å²) in [4.78, 5) is 10.2. The van der Waals surface area contributed by atoms with Crippen LogP contribution in [0.5, 0.6) is 0 Å². The van der Waals surface area contributed by atoms with Gasteiger partial charge in [-0.3, -0.25) is 0 Å². The minimum absolute atomic E-state index is 0.385. The van der Waals surface area contributed by atoms with Gasteiger partial charge >= 0.3 is 0 Å². The van der Waals surface area contributed by atoms with Crippen molar-refractivity contribution in [3.8, 4) is 0 Å². The van der Waals surface area contributed by atoms with Crippen LogP contribution >= 0.6 is 0 Å². The third-order valence-corrected chi connectivity index (χ3v) is 0.929. The fourth-order valence-electron chi connectivity index (χ4n) is 0.262. The molecule has 0 aromatic heterocycles. The predicted molar refractivity (Wildman–Crippen MR) is 33.8 cm³/mol. The Bertz CT molecular complexity index is 121. The molecular weight excluding hydrogens is 124 g/mol. The van der Waals surface area contributed by atoms with Crippen LogP contribution in [-0.2, 0) is 12.8 Å². The molecule has 0 unspecified atom stereocenters. The molecule has 0 aliphatic heterocycles. The molecular formula is C4H8N2OS. The molecule has 1 N–H and O–H groups in total. The van der Waals surface area contributed by atoms with Crippen LogP contribution in [0.4, 0.5) is 0 Å². The standard InChI is InChI=1S/C4H8N2OS/c1-4(3-5-2)6(7)8/h3,5H,1-2H3. The number of nitroso groups, excluding NO2 is 1. The highest BCUT2D eigenvalue weighted by atomic mass is 32.1. The van der Waals surface area contributed by atoms with Gasteiger partial charge in [0.15, 0.2) is 0 Å². The molecule has 46 valence electrons. The van der Waals surface area contributed by atoms with Crippen LogP contribution in [0, 0.1) is 4.91 Å². The molecule has 0 bridgehead atoms. The number of allylic oxidation sites excluding steroid dienone is 1. The summed E-state index contributed by atoms with van der Waals surface area (Å²) >= 11 is 4.24. The van der Waals surface area contributed by atoms with E-state index in [0.29, 0.717) is 9.86 Å². The first-order valence-electron chi connectivity index (χ1n) is 2.17. The van der Waals surface area contributed by atoms with Crippen molar-refractivity contribution in [3.05, 3.63) is 16.8 Å². The monoisotopic (exact) mass is 132 g/mol. The lowest BCUT2D eigenvalue weighted by Gasteiger charge is -1.90. The summed E-state index contributed by atoms with van der Waals surface area (Å²) in [5, 5.41) is 2.68. The molecule has 0 amide bonds. The van der Waals surface area contributed by atoms with Crippen LogP contribution in [-0.4, -0.2) is 11.2 Å². The van der Waals surface area contributed by atoms with E-state index in [4.69, 9.17) is 0 Å². The van der Waals surface area contributed by atoms with Crippen molar-refractivity contribution < 1.29 is 4.17 Å². The molecule has 0 aromatic rings. The number of hydrogen-bond acceptors (Lipinski definition) is 3. The van der Waals surface area contributed by atoms with E-state index in [2.05, 4.69) is 18.1 Å². The van der Waals surface area contributed by atoms with E-state index in [0.717, 1.165) is 0 Å². The van der Waals surface area contributed by atoms with Crippen LogP contribution < -0.4 is 5.32 Å². The van der Waals surface area contributed by atoms with E-state index in [1.165, 1.54) is 0 Å². The summed E-state index contributed by atoms with van der Waals surface area (Å²) in [6, 6.07) is 0. The van der Waals surface area contributed by atoms with Gasteiger partial charge in [-0.05, 0) is 0 Å². The van der Waals surface area contributed by atoms with E-state index >= 15 is 0 Å². The van der Waals surface area contributed by atoms with Gasteiger partial charge in [-0.1, -0.05) is 4.17 Å². The molecule has 3 nitrogen and oxygen atoms in total. The molecule has 0 fully saturated rings. The van der Waals surface area contributed by atoms with Crippen molar-refractivity contribution in [2.75, 3.05) is 7.05 Å². The lowest BCUT2D eigenvalue weighted by Crippen LogP contribution is -2.01. The second kappa shape index (κ2) is 3.37. The van der Waals surface area contributed by atoms with Gasteiger partial charge in [0.1, 0.15) is 0 Å². The van der Waals surface area contributed by atoms with Gasteiger partial charge in [0.25, 0.3) is 0 Å². The highest BCUT2D eigenvalue weighted by Crippen LogP contribution is 1.87. The molecule has 0 heterocycles. The molecule has 8 heavy (non-hydrogen) atoms. The van der Waals surface area contributed by atoms with Crippen LogP contribution in [0.15, 0.2) is 11.9 Å². The van der Waals surface area contributed by atoms with Crippen LogP contribution in [0.3, 0.4) is 0 Å². The van der Waals surface area contributed by atoms with Crippen LogP contribution in [0.1, 0.15) is 6.92 Å². The molecule has 0 radical (unpaired) electrons. The summed E-state index contributed by atoms with van der Waals surface area (Å²) in [6.07, 6.45) is 1.54. The Balaban J connectivity index is 3.80. The lowest BCUT2D eigenvalue weighted by atomic mass is 10.6. The highest BCUT2D eigenvalue weighted by molar-refractivity contribution is 7.51. The Morgan fingerprint density at radius 3 is 2.50 bits per heavy atom. The van der Waals surface area contributed by atoms with Crippen LogP contribution in [0.2, 0.25) is 0 Å². The third-order valence-electron chi connectivity index (χ3n) is 0.641. The third kappa shape index (κ3) is 2.52. The maximum atomic E-state index is 10.2. The van der Waals surface area contributed by atoms with Crippen molar-refractivity contribution in [2.45, 2.75) is 6.92 Å². The Morgan fingerprint density at radius 2 is 2.38 bits per heavy atom. The summed E-state index contributed by atoms with van der Waals surface area (Å²) in [7, 11) is 1.71. The summed E-state index contributed by atoms with van der Waals surface area (Å²) < 4.78 is 0.385. The number of nitrogens with one attached hydrogen (secondary N) is 1. The molecule has 0 saturated heterocycles. The zero-order valence-electron chi connectivity index (χ0n) is 4.84. The molecule has 4 heteroatoms.